The number of halogens is 4. The zero-order chi connectivity index (χ0) is 14.9. The fourth-order valence-electron chi connectivity index (χ4n) is 1.79. The topological polar surface area (TPSA) is 33.1 Å². The number of alkyl halides is 3. The molecule has 2 nitrogen and oxygen atoms in total. The summed E-state index contributed by atoms with van der Waals surface area (Å²) in [5.41, 5.74) is 0.110. The number of aromatic nitrogens is 1. The van der Waals surface area contributed by atoms with Crippen LogP contribution in [0.25, 0.3) is 0 Å². The van der Waals surface area contributed by atoms with Crippen LogP contribution in [0.1, 0.15) is 27.9 Å². The molecule has 2 rings (SSSR count). The second kappa shape index (κ2) is 5.83. The Morgan fingerprint density at radius 3 is 2.65 bits per heavy atom. The largest absolute Gasteiger partial charge is 0.416 e. The van der Waals surface area contributed by atoms with E-state index in [9.17, 15) is 18.3 Å². The molecule has 0 bridgehead atoms. The lowest BCUT2D eigenvalue weighted by Gasteiger charge is -2.15. The normalized spacial score (nSPS) is 13.5. The van der Waals surface area contributed by atoms with Crippen LogP contribution in [0.2, 0.25) is 0 Å². The van der Waals surface area contributed by atoms with Gasteiger partial charge in [0.2, 0.25) is 0 Å². The number of thiazole rings is 1. The van der Waals surface area contributed by atoms with Crippen LogP contribution in [0.5, 0.6) is 0 Å². The molecule has 1 aromatic heterocycles. The van der Waals surface area contributed by atoms with Gasteiger partial charge in [0.25, 0.3) is 0 Å². The van der Waals surface area contributed by atoms with Crippen molar-refractivity contribution in [1.29, 1.82) is 0 Å². The van der Waals surface area contributed by atoms with Crippen LogP contribution in [0.15, 0.2) is 28.1 Å². The Hall–Kier alpha value is -0.920. The van der Waals surface area contributed by atoms with Crippen molar-refractivity contribution in [2.75, 3.05) is 0 Å². The maximum atomic E-state index is 12.7. The van der Waals surface area contributed by atoms with Gasteiger partial charge < -0.3 is 5.11 Å². The molecule has 0 saturated carbocycles. The van der Waals surface area contributed by atoms with Gasteiger partial charge >= 0.3 is 6.18 Å². The number of hydrogen-bond donors (Lipinski definition) is 1. The first-order valence-electron chi connectivity index (χ1n) is 5.73. The smallest absolute Gasteiger partial charge is 0.388 e. The maximum absolute atomic E-state index is 12.7. The Labute approximate surface area is 126 Å². The van der Waals surface area contributed by atoms with Crippen molar-refractivity contribution in [3.63, 3.8) is 0 Å². The Balaban J connectivity index is 2.27. The molecular formula is C13H11BrF3NOS. The van der Waals surface area contributed by atoms with Gasteiger partial charge in [-0.05, 0) is 30.7 Å². The standard InChI is InChI=1S/C13H11BrF3NOS/c1-7-18-9(6-20-7)5-12(19)10-4-8(13(15,16)17)2-3-11(10)14/h2-4,6,12,19H,5H2,1H3. The molecule has 1 aromatic carbocycles. The number of aryl methyl sites for hydroxylation is 1. The molecule has 7 heteroatoms. The highest BCUT2D eigenvalue weighted by atomic mass is 79.9. The number of aliphatic hydroxyl groups is 1. The highest BCUT2D eigenvalue weighted by Gasteiger charge is 2.31. The van der Waals surface area contributed by atoms with E-state index in [1.54, 1.807) is 5.38 Å². The van der Waals surface area contributed by atoms with Gasteiger partial charge in [0.15, 0.2) is 0 Å². The predicted octanol–water partition coefficient (Wildman–Crippen LogP) is 4.51. The molecule has 0 fully saturated rings. The third-order valence-electron chi connectivity index (χ3n) is 2.75. The van der Waals surface area contributed by atoms with Crippen molar-refractivity contribution in [3.8, 4) is 0 Å². The number of rotatable bonds is 3. The van der Waals surface area contributed by atoms with Crippen molar-refractivity contribution in [1.82, 2.24) is 4.98 Å². The molecule has 1 N–H and O–H groups in total. The lowest BCUT2D eigenvalue weighted by Crippen LogP contribution is -2.09. The summed E-state index contributed by atoms with van der Waals surface area (Å²) >= 11 is 4.61. The van der Waals surface area contributed by atoms with E-state index in [-0.39, 0.29) is 12.0 Å². The van der Waals surface area contributed by atoms with Crippen LogP contribution < -0.4 is 0 Å². The number of hydrogen-bond acceptors (Lipinski definition) is 3. The third kappa shape index (κ3) is 3.59. The van der Waals surface area contributed by atoms with E-state index < -0.39 is 17.8 Å². The zero-order valence-electron chi connectivity index (χ0n) is 10.4. The van der Waals surface area contributed by atoms with E-state index >= 15 is 0 Å². The average Bonchev–Trinajstić information content (AvgIpc) is 2.73. The monoisotopic (exact) mass is 365 g/mol. The maximum Gasteiger partial charge on any atom is 0.416 e. The highest BCUT2D eigenvalue weighted by Crippen LogP contribution is 2.34. The predicted molar refractivity (Wildman–Crippen MR) is 74.7 cm³/mol. The molecule has 1 atom stereocenters. The van der Waals surface area contributed by atoms with E-state index in [0.717, 1.165) is 17.1 Å². The van der Waals surface area contributed by atoms with E-state index in [1.165, 1.54) is 17.4 Å². The molecule has 20 heavy (non-hydrogen) atoms. The van der Waals surface area contributed by atoms with Crippen molar-refractivity contribution in [2.45, 2.75) is 25.6 Å². The Bertz CT molecular complexity index is 612. The minimum absolute atomic E-state index is 0.185. The summed E-state index contributed by atoms with van der Waals surface area (Å²) in [5, 5.41) is 12.8. The molecule has 0 aliphatic carbocycles. The SMILES string of the molecule is Cc1nc(CC(O)c2cc(C(F)(F)F)ccc2Br)cs1. The van der Waals surface area contributed by atoms with Gasteiger partial charge in [-0.1, -0.05) is 15.9 Å². The van der Waals surface area contributed by atoms with Crippen LogP contribution in [0, 0.1) is 6.92 Å². The van der Waals surface area contributed by atoms with Crippen LogP contribution in [0.3, 0.4) is 0 Å². The molecule has 0 amide bonds. The first-order chi connectivity index (χ1) is 9.27. The van der Waals surface area contributed by atoms with E-state index in [0.29, 0.717) is 10.2 Å². The molecule has 0 saturated heterocycles. The second-order valence-corrected chi connectivity index (χ2v) is 6.23. The fourth-order valence-corrected chi connectivity index (χ4v) is 2.92. The quantitative estimate of drug-likeness (QED) is 0.867. The summed E-state index contributed by atoms with van der Waals surface area (Å²) in [6.45, 7) is 1.83. The minimum Gasteiger partial charge on any atom is -0.388 e. The summed E-state index contributed by atoms with van der Waals surface area (Å²) in [7, 11) is 0. The summed E-state index contributed by atoms with van der Waals surface area (Å²) in [5.74, 6) is 0. The van der Waals surface area contributed by atoms with Crippen LogP contribution in [0.4, 0.5) is 13.2 Å². The molecule has 1 heterocycles. The summed E-state index contributed by atoms with van der Waals surface area (Å²) in [6, 6.07) is 3.24. The van der Waals surface area contributed by atoms with Crippen molar-refractivity contribution in [3.05, 3.63) is 49.9 Å². The first-order valence-corrected chi connectivity index (χ1v) is 7.40. The summed E-state index contributed by atoms with van der Waals surface area (Å²) in [4.78, 5) is 4.20. The molecule has 108 valence electrons. The zero-order valence-corrected chi connectivity index (χ0v) is 12.8. The number of aliphatic hydroxyl groups excluding tert-OH is 1. The minimum atomic E-state index is -4.42. The van der Waals surface area contributed by atoms with Crippen molar-refractivity contribution >= 4 is 27.3 Å². The fraction of sp³-hybridized carbons (Fsp3) is 0.308. The van der Waals surface area contributed by atoms with Gasteiger partial charge in [-0.3, -0.25) is 0 Å². The van der Waals surface area contributed by atoms with Crippen molar-refractivity contribution in [2.24, 2.45) is 0 Å². The highest BCUT2D eigenvalue weighted by molar-refractivity contribution is 9.10. The molecular weight excluding hydrogens is 355 g/mol. The Kier molecular flexibility index (Phi) is 4.51. The van der Waals surface area contributed by atoms with Gasteiger partial charge in [-0.15, -0.1) is 11.3 Å². The van der Waals surface area contributed by atoms with E-state index in [4.69, 9.17) is 0 Å². The summed E-state index contributed by atoms with van der Waals surface area (Å²) in [6.07, 6.45) is -5.27. The van der Waals surface area contributed by atoms with Gasteiger partial charge in [-0.25, -0.2) is 4.98 Å². The van der Waals surface area contributed by atoms with Crippen molar-refractivity contribution < 1.29 is 18.3 Å². The van der Waals surface area contributed by atoms with Crippen LogP contribution in [-0.2, 0) is 12.6 Å². The van der Waals surface area contributed by atoms with E-state index in [2.05, 4.69) is 20.9 Å². The molecule has 0 spiro atoms. The molecule has 0 aliphatic rings. The molecule has 2 aromatic rings. The number of nitrogens with zero attached hydrogens (tertiary/aromatic N) is 1. The van der Waals surface area contributed by atoms with Crippen LogP contribution in [-0.4, -0.2) is 10.1 Å². The summed E-state index contributed by atoms with van der Waals surface area (Å²) < 4.78 is 38.5. The van der Waals surface area contributed by atoms with E-state index in [1.807, 2.05) is 6.92 Å². The lowest BCUT2D eigenvalue weighted by molar-refractivity contribution is -0.137. The number of benzene rings is 1. The van der Waals surface area contributed by atoms with Gasteiger partial charge in [0.05, 0.1) is 22.4 Å². The Morgan fingerprint density at radius 1 is 1.40 bits per heavy atom. The van der Waals surface area contributed by atoms with Gasteiger partial charge in [-0.2, -0.15) is 13.2 Å². The van der Waals surface area contributed by atoms with Crippen LogP contribution >= 0.6 is 27.3 Å². The third-order valence-corrected chi connectivity index (χ3v) is 4.30. The van der Waals surface area contributed by atoms with Gasteiger partial charge in [0.1, 0.15) is 0 Å². The first kappa shape index (κ1) is 15.5. The van der Waals surface area contributed by atoms with Gasteiger partial charge in [0, 0.05) is 16.3 Å². The average molecular weight is 366 g/mol. The lowest BCUT2D eigenvalue weighted by atomic mass is 10.0. The Morgan fingerprint density at radius 2 is 2.10 bits per heavy atom. The molecule has 0 radical (unpaired) electrons. The molecule has 1 unspecified atom stereocenters. The second-order valence-electron chi connectivity index (χ2n) is 4.31. The molecule has 0 aliphatic heterocycles.